The fraction of sp³-hybridized carbons (Fsp3) is 0.154. The maximum Gasteiger partial charge on any atom is 0.277 e. The van der Waals surface area contributed by atoms with Crippen molar-refractivity contribution in [3.63, 3.8) is 0 Å². The molecule has 4 aromatic rings. The minimum Gasteiger partial charge on any atom is -0.343 e. The van der Waals surface area contributed by atoms with E-state index in [0.29, 0.717) is 28.4 Å². The largest absolute Gasteiger partial charge is 0.343 e. The first-order valence-corrected chi connectivity index (χ1v) is 12.1. The number of ketones is 1. The smallest absolute Gasteiger partial charge is 0.277 e. The van der Waals surface area contributed by atoms with Gasteiger partial charge < -0.3 is 5.32 Å². The summed E-state index contributed by atoms with van der Waals surface area (Å²) in [5.74, 6) is 0.417. The number of hydrogen-bond donors (Lipinski definition) is 2. The summed E-state index contributed by atoms with van der Waals surface area (Å²) in [5.41, 5.74) is 3.60. The van der Waals surface area contributed by atoms with Crippen molar-refractivity contribution in [3.8, 4) is 5.69 Å². The third kappa shape index (κ3) is 3.37. The number of fused-ring (bicyclic) bond motifs is 1. The van der Waals surface area contributed by atoms with E-state index in [0.717, 1.165) is 23.4 Å². The van der Waals surface area contributed by atoms with Crippen LogP contribution in [0.25, 0.3) is 5.69 Å². The maximum absolute atomic E-state index is 13.6. The number of nitrogens with zero attached hydrogens (tertiary/aromatic N) is 1. The van der Waals surface area contributed by atoms with Crippen molar-refractivity contribution in [1.82, 2.24) is 9.78 Å². The number of H-pyrrole nitrogens is 1. The van der Waals surface area contributed by atoms with Crippen molar-refractivity contribution < 1.29 is 4.79 Å². The Morgan fingerprint density at radius 1 is 0.939 bits per heavy atom. The lowest BCUT2D eigenvalue weighted by molar-refractivity contribution is -0.116. The van der Waals surface area contributed by atoms with Gasteiger partial charge in [0.05, 0.1) is 11.3 Å². The summed E-state index contributed by atoms with van der Waals surface area (Å²) in [7, 11) is 0. The predicted molar refractivity (Wildman–Crippen MR) is 132 cm³/mol. The number of carbonyl (C=O) groups excluding carboxylic acids is 1. The Bertz CT molecular complexity index is 1430. The minimum atomic E-state index is -0.445. The van der Waals surface area contributed by atoms with Crippen LogP contribution in [0.5, 0.6) is 0 Å². The summed E-state index contributed by atoms with van der Waals surface area (Å²) in [6, 6.07) is 21.0. The average Bonchev–Trinajstić information content (AvgIpc) is 3.48. The van der Waals surface area contributed by atoms with Crippen LogP contribution in [0.2, 0.25) is 5.02 Å². The Kier molecular flexibility index (Phi) is 4.85. The Hall–Kier alpha value is -3.35. The Balaban J connectivity index is 1.53. The Morgan fingerprint density at radius 3 is 2.45 bits per heavy atom. The first-order valence-electron chi connectivity index (χ1n) is 10.8. The van der Waals surface area contributed by atoms with Crippen molar-refractivity contribution >= 4 is 34.5 Å². The Morgan fingerprint density at radius 2 is 1.73 bits per heavy atom. The summed E-state index contributed by atoms with van der Waals surface area (Å²) in [6.45, 7) is 0. The number of anilines is 1. The van der Waals surface area contributed by atoms with E-state index < -0.39 is 5.92 Å². The van der Waals surface area contributed by atoms with Crippen LogP contribution in [0.15, 0.2) is 88.2 Å². The van der Waals surface area contributed by atoms with Gasteiger partial charge in [-0.25, -0.2) is 4.68 Å². The van der Waals surface area contributed by atoms with E-state index >= 15 is 0 Å². The molecular formula is C26H20ClN3O2S. The number of aromatic nitrogens is 2. The highest BCUT2D eigenvalue weighted by molar-refractivity contribution is 7.10. The molecule has 2 aliphatic rings. The second-order valence-corrected chi connectivity index (χ2v) is 9.84. The molecule has 0 radical (unpaired) electrons. The normalized spacial score (nSPS) is 19.7. The van der Waals surface area contributed by atoms with Crippen molar-refractivity contribution in [2.75, 3.05) is 5.32 Å². The zero-order chi connectivity index (χ0) is 22.5. The number of thiophene rings is 1. The standard InChI is InChI=1S/C26H20ClN3O2S/c27-17-10-8-15(9-11-17)22-23-19(13-16(14-20(23)31)21-7-4-12-33-21)28-25-24(22)26(32)30(29-25)18-5-2-1-3-6-18/h1-12,16,22,28-29H,13-14H2/t16-,22-/m1/s1. The highest BCUT2D eigenvalue weighted by Gasteiger charge is 2.41. The molecule has 1 aliphatic carbocycles. The van der Waals surface area contributed by atoms with E-state index in [1.165, 1.54) is 4.88 Å². The Labute approximate surface area is 199 Å². The van der Waals surface area contributed by atoms with Gasteiger partial charge in [0, 0.05) is 39.4 Å². The number of benzene rings is 2. The number of rotatable bonds is 3. The third-order valence-electron chi connectivity index (χ3n) is 6.45. The number of para-hydroxylation sites is 1. The van der Waals surface area contributed by atoms with Crippen LogP contribution in [0.3, 0.4) is 0 Å². The zero-order valence-corrected chi connectivity index (χ0v) is 19.1. The van der Waals surface area contributed by atoms with E-state index in [4.69, 9.17) is 11.6 Å². The topological polar surface area (TPSA) is 66.9 Å². The van der Waals surface area contributed by atoms with Gasteiger partial charge in [0.2, 0.25) is 0 Å². The summed E-state index contributed by atoms with van der Waals surface area (Å²) in [6.07, 6.45) is 1.17. The zero-order valence-electron chi connectivity index (χ0n) is 17.5. The molecule has 0 saturated heterocycles. The van der Waals surface area contributed by atoms with Gasteiger partial charge in [-0.2, -0.15) is 0 Å². The molecule has 0 fully saturated rings. The van der Waals surface area contributed by atoms with E-state index in [2.05, 4.69) is 16.5 Å². The van der Waals surface area contributed by atoms with Gasteiger partial charge in [0.15, 0.2) is 5.78 Å². The molecule has 1 aliphatic heterocycles. The molecule has 6 rings (SSSR count). The molecule has 0 saturated carbocycles. The fourth-order valence-corrected chi connectivity index (χ4v) is 5.92. The van der Waals surface area contributed by atoms with Gasteiger partial charge in [-0.1, -0.05) is 48.0 Å². The maximum atomic E-state index is 13.6. The minimum absolute atomic E-state index is 0.0830. The molecule has 7 heteroatoms. The van der Waals surface area contributed by atoms with E-state index in [1.807, 2.05) is 66.0 Å². The first-order chi connectivity index (χ1) is 16.1. The molecular weight excluding hydrogens is 454 g/mol. The molecule has 2 N–H and O–H groups in total. The molecule has 3 heterocycles. The fourth-order valence-electron chi connectivity index (χ4n) is 4.96. The molecule has 5 nitrogen and oxygen atoms in total. The van der Waals surface area contributed by atoms with Crippen LogP contribution in [0.4, 0.5) is 5.82 Å². The van der Waals surface area contributed by atoms with E-state index in [9.17, 15) is 9.59 Å². The number of allylic oxidation sites excluding steroid dienone is 2. The molecule has 0 spiro atoms. The van der Waals surface area contributed by atoms with Crippen LogP contribution < -0.4 is 10.9 Å². The van der Waals surface area contributed by atoms with Crippen LogP contribution in [0, 0.1) is 0 Å². The predicted octanol–water partition coefficient (Wildman–Crippen LogP) is 5.84. The number of halogens is 1. The van der Waals surface area contributed by atoms with Gasteiger partial charge in [-0.05, 0) is 47.7 Å². The quantitative estimate of drug-likeness (QED) is 0.393. The SMILES string of the molecule is O=C1C[C@H](c2cccs2)CC2=C1[C@@H](c1ccc(Cl)cc1)c1c([nH]n(-c3ccccc3)c1=O)N2. The summed E-state index contributed by atoms with van der Waals surface area (Å²) in [5, 5.41) is 9.34. The number of aromatic amines is 1. The third-order valence-corrected chi connectivity index (χ3v) is 7.74. The number of carbonyl (C=O) groups is 1. The monoisotopic (exact) mass is 473 g/mol. The summed E-state index contributed by atoms with van der Waals surface area (Å²) < 4.78 is 1.54. The van der Waals surface area contributed by atoms with Crippen molar-refractivity contribution in [2.24, 2.45) is 0 Å². The van der Waals surface area contributed by atoms with Crippen molar-refractivity contribution in [1.29, 1.82) is 0 Å². The van der Waals surface area contributed by atoms with Crippen molar-refractivity contribution in [2.45, 2.75) is 24.7 Å². The molecule has 164 valence electrons. The summed E-state index contributed by atoms with van der Waals surface area (Å²) in [4.78, 5) is 28.4. The lowest BCUT2D eigenvalue weighted by atomic mass is 9.74. The van der Waals surface area contributed by atoms with Gasteiger partial charge in [0.25, 0.3) is 5.56 Å². The number of nitrogens with one attached hydrogen (secondary N) is 2. The molecule has 2 aromatic carbocycles. The molecule has 0 amide bonds. The second-order valence-electron chi connectivity index (χ2n) is 8.42. The molecule has 2 aromatic heterocycles. The van der Waals surface area contributed by atoms with E-state index in [1.54, 1.807) is 16.0 Å². The van der Waals surface area contributed by atoms with Gasteiger partial charge in [0.1, 0.15) is 5.82 Å². The molecule has 2 atom stereocenters. The molecule has 33 heavy (non-hydrogen) atoms. The average molecular weight is 474 g/mol. The lowest BCUT2D eigenvalue weighted by Gasteiger charge is -2.34. The highest BCUT2D eigenvalue weighted by atomic mass is 35.5. The van der Waals surface area contributed by atoms with Crippen LogP contribution in [-0.4, -0.2) is 15.6 Å². The van der Waals surface area contributed by atoms with Gasteiger partial charge in [-0.3, -0.25) is 14.7 Å². The molecule has 0 unspecified atom stereocenters. The highest BCUT2D eigenvalue weighted by Crippen LogP contribution is 2.47. The van der Waals surface area contributed by atoms with Crippen molar-refractivity contribution in [3.05, 3.63) is 115 Å². The van der Waals surface area contributed by atoms with E-state index in [-0.39, 0.29) is 17.3 Å². The number of hydrogen-bond acceptors (Lipinski definition) is 4. The van der Waals surface area contributed by atoms with Gasteiger partial charge in [-0.15, -0.1) is 11.3 Å². The van der Waals surface area contributed by atoms with Crippen LogP contribution in [-0.2, 0) is 4.79 Å². The van der Waals surface area contributed by atoms with Gasteiger partial charge >= 0.3 is 0 Å². The summed E-state index contributed by atoms with van der Waals surface area (Å²) >= 11 is 7.83. The number of Topliss-reactive ketones (excluding diaryl/α,β-unsaturated/α-hetero) is 1. The second kappa shape index (κ2) is 7.90. The first kappa shape index (κ1) is 20.3. The van der Waals surface area contributed by atoms with Crippen LogP contribution in [0.1, 0.15) is 40.7 Å². The van der Waals surface area contributed by atoms with Crippen LogP contribution >= 0.6 is 22.9 Å². The lowest BCUT2D eigenvalue weighted by Crippen LogP contribution is -2.31. The molecule has 0 bridgehead atoms.